The van der Waals surface area contributed by atoms with Crippen molar-refractivity contribution in [2.45, 2.75) is 30.7 Å². The van der Waals surface area contributed by atoms with E-state index in [4.69, 9.17) is 9.15 Å². The second kappa shape index (κ2) is 7.51. The van der Waals surface area contributed by atoms with Crippen molar-refractivity contribution in [3.05, 3.63) is 47.9 Å². The maximum absolute atomic E-state index is 12.9. The van der Waals surface area contributed by atoms with Crippen LogP contribution in [0.25, 0.3) is 0 Å². The molecule has 0 aliphatic carbocycles. The number of carbonyl (C=O) groups excluding carboxylic acids is 1. The number of methoxy groups -OCH3 is 1. The molecule has 1 aromatic carbocycles. The smallest absolute Gasteiger partial charge is 0.287 e. The quantitative estimate of drug-likeness (QED) is 0.861. The summed E-state index contributed by atoms with van der Waals surface area (Å²) in [5.74, 6) is 0.365. The van der Waals surface area contributed by atoms with Gasteiger partial charge in [0.1, 0.15) is 10.6 Å². The molecule has 7 nitrogen and oxygen atoms in total. The Bertz CT molecular complexity index is 882. The highest BCUT2D eigenvalue weighted by Crippen LogP contribution is 2.28. The van der Waals surface area contributed by atoms with E-state index in [1.807, 2.05) is 0 Å². The zero-order valence-corrected chi connectivity index (χ0v) is 15.6. The summed E-state index contributed by atoms with van der Waals surface area (Å²) in [4.78, 5) is 12.4. The lowest BCUT2D eigenvalue weighted by atomic mass is 10.1. The minimum Gasteiger partial charge on any atom is -0.495 e. The van der Waals surface area contributed by atoms with Crippen LogP contribution in [0.5, 0.6) is 5.75 Å². The lowest BCUT2D eigenvalue weighted by Crippen LogP contribution is -2.46. The summed E-state index contributed by atoms with van der Waals surface area (Å²) >= 11 is 0. The fourth-order valence-electron chi connectivity index (χ4n) is 3.07. The van der Waals surface area contributed by atoms with Crippen molar-refractivity contribution in [2.24, 2.45) is 0 Å². The Balaban J connectivity index is 1.65. The number of carbonyl (C=O) groups is 1. The Morgan fingerprint density at radius 1 is 1.23 bits per heavy atom. The molecule has 3 rings (SSSR count). The van der Waals surface area contributed by atoms with Crippen LogP contribution in [0.15, 0.2) is 45.9 Å². The summed E-state index contributed by atoms with van der Waals surface area (Å²) in [5.41, 5.74) is 0.777. The average Bonchev–Trinajstić information content (AvgIpc) is 3.08. The lowest BCUT2D eigenvalue weighted by Gasteiger charge is -2.31. The van der Waals surface area contributed by atoms with E-state index < -0.39 is 10.0 Å². The lowest BCUT2D eigenvalue weighted by molar-refractivity contribution is 0.0895. The van der Waals surface area contributed by atoms with Crippen molar-refractivity contribution in [3.8, 4) is 5.75 Å². The van der Waals surface area contributed by atoms with Gasteiger partial charge in [-0.2, -0.15) is 4.31 Å². The molecule has 1 saturated heterocycles. The third kappa shape index (κ3) is 3.61. The molecule has 0 bridgehead atoms. The van der Waals surface area contributed by atoms with E-state index in [2.05, 4.69) is 5.32 Å². The average molecular weight is 378 g/mol. The molecule has 0 radical (unpaired) electrons. The monoisotopic (exact) mass is 378 g/mol. The number of nitrogens with one attached hydrogen (secondary N) is 1. The Kier molecular flexibility index (Phi) is 5.33. The summed E-state index contributed by atoms with van der Waals surface area (Å²) in [5, 5.41) is 2.92. The summed E-state index contributed by atoms with van der Waals surface area (Å²) in [6.45, 7) is 2.48. The number of benzene rings is 1. The first-order chi connectivity index (χ1) is 12.4. The number of aryl methyl sites for hydroxylation is 1. The Labute approximate surface area is 153 Å². The van der Waals surface area contributed by atoms with Crippen LogP contribution < -0.4 is 10.1 Å². The number of amides is 1. The summed E-state index contributed by atoms with van der Waals surface area (Å²) in [7, 11) is -2.18. The fourth-order valence-corrected chi connectivity index (χ4v) is 4.69. The molecule has 1 N–H and O–H groups in total. The first kappa shape index (κ1) is 18.5. The molecule has 1 aromatic heterocycles. The zero-order chi connectivity index (χ0) is 18.7. The predicted molar refractivity (Wildman–Crippen MR) is 95.7 cm³/mol. The summed E-state index contributed by atoms with van der Waals surface area (Å²) in [6, 6.07) is 8.23. The van der Waals surface area contributed by atoms with Crippen LogP contribution in [-0.2, 0) is 10.0 Å². The van der Waals surface area contributed by atoms with Crippen molar-refractivity contribution in [1.82, 2.24) is 9.62 Å². The highest BCUT2D eigenvalue weighted by atomic mass is 32.2. The van der Waals surface area contributed by atoms with E-state index in [9.17, 15) is 13.2 Å². The van der Waals surface area contributed by atoms with Crippen LogP contribution in [0, 0.1) is 6.92 Å². The van der Waals surface area contributed by atoms with E-state index in [1.54, 1.807) is 37.3 Å². The molecule has 1 amide bonds. The van der Waals surface area contributed by atoms with Crippen LogP contribution >= 0.6 is 0 Å². The SMILES string of the molecule is COc1ccccc1S(=O)(=O)N1CCC(NC(=O)c2occc2C)CC1. The number of furan rings is 1. The van der Waals surface area contributed by atoms with Gasteiger partial charge in [-0.25, -0.2) is 8.42 Å². The van der Waals surface area contributed by atoms with Crippen LogP contribution in [0.4, 0.5) is 0 Å². The van der Waals surface area contributed by atoms with Crippen molar-refractivity contribution in [3.63, 3.8) is 0 Å². The van der Waals surface area contributed by atoms with Gasteiger partial charge in [0.15, 0.2) is 5.76 Å². The van der Waals surface area contributed by atoms with Crippen LogP contribution in [0.2, 0.25) is 0 Å². The molecule has 26 heavy (non-hydrogen) atoms. The van der Waals surface area contributed by atoms with E-state index >= 15 is 0 Å². The number of rotatable bonds is 5. The minimum atomic E-state index is -3.63. The van der Waals surface area contributed by atoms with E-state index in [1.165, 1.54) is 17.7 Å². The molecule has 1 aliphatic heterocycles. The van der Waals surface area contributed by atoms with Gasteiger partial charge in [0.2, 0.25) is 10.0 Å². The van der Waals surface area contributed by atoms with E-state index in [0.717, 1.165) is 5.56 Å². The van der Waals surface area contributed by atoms with Gasteiger partial charge in [0.25, 0.3) is 5.91 Å². The van der Waals surface area contributed by atoms with Gasteiger partial charge in [-0.05, 0) is 38.0 Å². The number of hydrogen-bond donors (Lipinski definition) is 1. The molecule has 0 atom stereocenters. The molecule has 140 valence electrons. The number of hydrogen-bond acceptors (Lipinski definition) is 5. The number of piperidine rings is 1. The van der Waals surface area contributed by atoms with Gasteiger partial charge in [-0.1, -0.05) is 12.1 Å². The molecule has 1 fully saturated rings. The number of nitrogens with zero attached hydrogens (tertiary/aromatic N) is 1. The van der Waals surface area contributed by atoms with Gasteiger partial charge in [-0.3, -0.25) is 4.79 Å². The number of ether oxygens (including phenoxy) is 1. The Morgan fingerprint density at radius 2 is 1.92 bits per heavy atom. The Morgan fingerprint density at radius 3 is 2.54 bits per heavy atom. The molecule has 0 spiro atoms. The largest absolute Gasteiger partial charge is 0.495 e. The standard InChI is InChI=1S/C18H22N2O5S/c1-13-9-12-25-17(13)18(21)19-14-7-10-20(11-8-14)26(22,23)16-6-4-3-5-15(16)24-2/h3-6,9,12,14H,7-8,10-11H2,1-2H3,(H,19,21). The van der Waals surface area contributed by atoms with Crippen LogP contribution in [0.3, 0.4) is 0 Å². The van der Waals surface area contributed by atoms with Gasteiger partial charge < -0.3 is 14.5 Å². The third-order valence-electron chi connectivity index (χ3n) is 4.54. The van der Waals surface area contributed by atoms with E-state index in [-0.39, 0.29) is 16.8 Å². The molecular weight excluding hydrogens is 356 g/mol. The van der Waals surface area contributed by atoms with Gasteiger partial charge >= 0.3 is 0 Å². The van der Waals surface area contributed by atoms with E-state index in [0.29, 0.717) is 37.4 Å². The van der Waals surface area contributed by atoms with Gasteiger partial charge in [0.05, 0.1) is 13.4 Å². The fraction of sp³-hybridized carbons (Fsp3) is 0.389. The molecule has 0 saturated carbocycles. The molecule has 1 aliphatic rings. The maximum atomic E-state index is 12.9. The number of sulfonamides is 1. The maximum Gasteiger partial charge on any atom is 0.287 e. The minimum absolute atomic E-state index is 0.0869. The predicted octanol–water partition coefficient (Wildman–Crippen LogP) is 2.18. The zero-order valence-electron chi connectivity index (χ0n) is 14.8. The van der Waals surface area contributed by atoms with Crippen molar-refractivity contribution >= 4 is 15.9 Å². The summed E-state index contributed by atoms with van der Waals surface area (Å²) < 4.78 is 37.5. The highest BCUT2D eigenvalue weighted by Gasteiger charge is 2.32. The van der Waals surface area contributed by atoms with Crippen LogP contribution in [0.1, 0.15) is 29.0 Å². The first-order valence-corrected chi connectivity index (χ1v) is 9.85. The number of para-hydroxylation sites is 1. The van der Waals surface area contributed by atoms with Gasteiger partial charge in [-0.15, -0.1) is 0 Å². The molecule has 2 aromatic rings. The molecule has 2 heterocycles. The molecule has 8 heteroatoms. The summed E-state index contributed by atoms with van der Waals surface area (Å²) in [6.07, 6.45) is 2.56. The van der Waals surface area contributed by atoms with Crippen LogP contribution in [-0.4, -0.2) is 44.9 Å². The topological polar surface area (TPSA) is 88.9 Å². The van der Waals surface area contributed by atoms with Crippen molar-refractivity contribution < 1.29 is 22.4 Å². The Hall–Kier alpha value is -2.32. The first-order valence-electron chi connectivity index (χ1n) is 8.41. The third-order valence-corrected chi connectivity index (χ3v) is 6.48. The van der Waals surface area contributed by atoms with Crippen molar-refractivity contribution in [2.75, 3.05) is 20.2 Å². The highest BCUT2D eigenvalue weighted by molar-refractivity contribution is 7.89. The normalized spacial score (nSPS) is 16.4. The second-order valence-electron chi connectivity index (χ2n) is 6.24. The molecular formula is C18H22N2O5S. The molecule has 0 unspecified atom stereocenters. The van der Waals surface area contributed by atoms with Gasteiger partial charge in [0, 0.05) is 24.7 Å². The second-order valence-corrected chi connectivity index (χ2v) is 8.14. The van der Waals surface area contributed by atoms with Crippen molar-refractivity contribution in [1.29, 1.82) is 0 Å².